The van der Waals surface area contributed by atoms with E-state index in [0.717, 1.165) is 42.8 Å². The van der Waals surface area contributed by atoms with E-state index in [-0.39, 0.29) is 24.6 Å². The van der Waals surface area contributed by atoms with Crippen molar-refractivity contribution in [2.24, 2.45) is 0 Å². The number of hydrogen-bond acceptors (Lipinski definition) is 6. The van der Waals surface area contributed by atoms with E-state index in [2.05, 4.69) is 26.1 Å². The van der Waals surface area contributed by atoms with Crippen LogP contribution >= 0.6 is 11.6 Å². The minimum atomic E-state index is -0.302. The molecule has 3 atom stereocenters. The predicted molar refractivity (Wildman–Crippen MR) is 122 cm³/mol. The zero-order chi connectivity index (χ0) is 21.6. The molecule has 0 spiro atoms. The minimum absolute atomic E-state index is 0.0415. The zero-order valence-electron chi connectivity index (χ0n) is 17.6. The molecule has 1 aromatic heterocycles. The first-order chi connectivity index (χ1) is 15.1. The van der Waals surface area contributed by atoms with Gasteiger partial charge >= 0.3 is 0 Å². The number of benzene rings is 1. The average Bonchev–Trinajstić information content (AvgIpc) is 3.29. The number of pyridine rings is 1. The molecule has 31 heavy (non-hydrogen) atoms. The van der Waals surface area contributed by atoms with Crippen molar-refractivity contribution in [2.75, 3.05) is 18.1 Å². The Labute approximate surface area is 188 Å². The number of anilines is 1. The summed E-state index contributed by atoms with van der Waals surface area (Å²) in [6.45, 7) is 1.61. The summed E-state index contributed by atoms with van der Waals surface area (Å²) < 4.78 is 0. The lowest BCUT2D eigenvalue weighted by Gasteiger charge is -2.36. The molecule has 0 saturated carbocycles. The van der Waals surface area contributed by atoms with Gasteiger partial charge in [-0.2, -0.15) is 0 Å². The van der Waals surface area contributed by atoms with Gasteiger partial charge in [-0.05, 0) is 61.4 Å². The molecule has 1 aromatic carbocycles. The number of piperidine rings is 1. The molecule has 3 heterocycles. The van der Waals surface area contributed by atoms with Gasteiger partial charge in [0.2, 0.25) is 5.91 Å². The number of carbonyl (C=O) groups excluding carboxylic acids is 1. The Morgan fingerprint density at radius 2 is 2.16 bits per heavy atom. The Kier molecular flexibility index (Phi) is 7.40. The first-order valence-electron chi connectivity index (χ1n) is 11.0. The summed E-state index contributed by atoms with van der Waals surface area (Å²) in [6.07, 6.45) is 6.71. The summed E-state index contributed by atoms with van der Waals surface area (Å²) in [5.41, 5.74) is 8.29. The van der Waals surface area contributed by atoms with Crippen LogP contribution in [0.25, 0.3) is 0 Å². The van der Waals surface area contributed by atoms with Gasteiger partial charge in [0.05, 0.1) is 0 Å². The summed E-state index contributed by atoms with van der Waals surface area (Å²) in [4.78, 5) is 19.5. The van der Waals surface area contributed by atoms with Crippen molar-refractivity contribution in [3.8, 4) is 0 Å². The van der Waals surface area contributed by atoms with Crippen LogP contribution in [0.3, 0.4) is 0 Å². The molecular formula is C23H30ClN5O2. The highest BCUT2D eigenvalue weighted by Crippen LogP contribution is 2.26. The van der Waals surface area contributed by atoms with Crippen molar-refractivity contribution in [3.63, 3.8) is 0 Å². The lowest BCUT2D eigenvalue weighted by Crippen LogP contribution is -2.43. The number of aromatic nitrogens is 1. The van der Waals surface area contributed by atoms with Gasteiger partial charge in [-0.3, -0.25) is 4.79 Å². The normalized spacial score (nSPS) is 23.7. The van der Waals surface area contributed by atoms with Crippen LogP contribution < -0.4 is 21.1 Å². The van der Waals surface area contributed by atoms with Crippen molar-refractivity contribution in [3.05, 3.63) is 58.7 Å². The Balaban J connectivity index is 1.29. The largest absolute Gasteiger partial charge is 0.396 e. The molecule has 4 N–H and O–H groups in total. The Bertz CT molecular complexity index is 877. The maximum Gasteiger partial charge on any atom is 0.238 e. The first-order valence-corrected chi connectivity index (χ1v) is 11.4. The molecule has 2 fully saturated rings. The molecule has 166 valence electrons. The van der Waals surface area contributed by atoms with Gasteiger partial charge in [-0.1, -0.05) is 29.8 Å². The number of aliphatic hydroxyl groups is 1. The second-order valence-corrected chi connectivity index (χ2v) is 8.72. The lowest BCUT2D eigenvalue weighted by molar-refractivity contribution is -0.123. The Morgan fingerprint density at radius 1 is 1.26 bits per heavy atom. The molecule has 0 radical (unpaired) electrons. The number of hydrogen-bond donors (Lipinski definition) is 4. The summed E-state index contributed by atoms with van der Waals surface area (Å²) in [7, 11) is 0. The highest BCUT2D eigenvalue weighted by atomic mass is 35.5. The smallest absolute Gasteiger partial charge is 0.238 e. The van der Waals surface area contributed by atoms with E-state index in [4.69, 9.17) is 11.6 Å². The fraction of sp³-hybridized carbons (Fsp3) is 0.478. The second-order valence-electron chi connectivity index (χ2n) is 8.28. The van der Waals surface area contributed by atoms with E-state index in [1.54, 1.807) is 0 Å². The highest BCUT2D eigenvalue weighted by molar-refractivity contribution is 6.30. The van der Waals surface area contributed by atoms with Gasteiger partial charge in [0.1, 0.15) is 11.9 Å². The van der Waals surface area contributed by atoms with Crippen molar-refractivity contribution in [2.45, 2.75) is 56.8 Å². The second kappa shape index (κ2) is 10.4. The third-order valence-electron chi connectivity index (χ3n) is 6.13. The molecule has 0 aliphatic carbocycles. The van der Waals surface area contributed by atoms with Crippen LogP contribution in [0.4, 0.5) is 5.82 Å². The van der Waals surface area contributed by atoms with Gasteiger partial charge < -0.3 is 15.3 Å². The Hall–Kier alpha value is -2.19. The molecule has 3 unspecified atom stereocenters. The van der Waals surface area contributed by atoms with Gasteiger partial charge in [-0.25, -0.2) is 15.8 Å². The molecule has 2 saturated heterocycles. The topological polar surface area (TPSA) is 89.5 Å². The summed E-state index contributed by atoms with van der Waals surface area (Å²) in [5, 5.41) is 13.0. The van der Waals surface area contributed by atoms with Crippen LogP contribution in [-0.4, -0.2) is 41.2 Å². The van der Waals surface area contributed by atoms with Crippen molar-refractivity contribution in [1.29, 1.82) is 0 Å². The molecule has 7 nitrogen and oxygen atoms in total. The number of hydrazine groups is 1. The van der Waals surface area contributed by atoms with Crippen LogP contribution in [0.15, 0.2) is 42.6 Å². The van der Waals surface area contributed by atoms with Crippen molar-refractivity contribution >= 4 is 23.3 Å². The molecular weight excluding hydrogens is 414 g/mol. The lowest BCUT2D eigenvalue weighted by atomic mass is 9.99. The molecule has 8 heteroatoms. The van der Waals surface area contributed by atoms with Crippen LogP contribution in [0.1, 0.15) is 49.3 Å². The number of nitrogens with zero attached hydrogens (tertiary/aromatic N) is 2. The molecule has 2 aliphatic heterocycles. The average molecular weight is 444 g/mol. The standard InChI is InChI=1S/C23H30ClN5O2/c24-18-5-3-4-17(12-18)20-13-21(28-27-20)23(31)26-15-16-7-8-22(25-14-16)29-10-2-1-6-19(29)9-11-30/h3-5,7-8,12,14,19-21,27-28,30H,1-2,6,9-11,13,15H2,(H,26,31). The van der Waals surface area contributed by atoms with E-state index in [0.29, 0.717) is 24.0 Å². The van der Waals surface area contributed by atoms with Crippen LogP contribution in [-0.2, 0) is 11.3 Å². The zero-order valence-corrected chi connectivity index (χ0v) is 18.3. The number of carbonyl (C=O) groups is 1. The Morgan fingerprint density at radius 3 is 2.94 bits per heavy atom. The fourth-order valence-electron chi connectivity index (χ4n) is 4.42. The van der Waals surface area contributed by atoms with Crippen LogP contribution in [0, 0.1) is 0 Å². The molecule has 0 bridgehead atoms. The molecule has 2 aliphatic rings. The van der Waals surface area contributed by atoms with Gasteiger partial charge in [0.15, 0.2) is 0 Å². The quantitative estimate of drug-likeness (QED) is 0.526. The number of amides is 1. The van der Waals surface area contributed by atoms with E-state index in [1.165, 1.54) is 6.42 Å². The van der Waals surface area contributed by atoms with Crippen LogP contribution in [0.2, 0.25) is 5.02 Å². The molecule has 1 amide bonds. The van der Waals surface area contributed by atoms with E-state index in [9.17, 15) is 9.90 Å². The number of halogens is 1. The monoisotopic (exact) mass is 443 g/mol. The maximum absolute atomic E-state index is 12.6. The summed E-state index contributed by atoms with van der Waals surface area (Å²) >= 11 is 6.08. The maximum atomic E-state index is 12.6. The third kappa shape index (κ3) is 5.54. The van der Waals surface area contributed by atoms with Crippen molar-refractivity contribution < 1.29 is 9.90 Å². The fourth-order valence-corrected chi connectivity index (χ4v) is 4.62. The van der Waals surface area contributed by atoms with Gasteiger partial charge in [-0.15, -0.1) is 0 Å². The predicted octanol–water partition coefficient (Wildman–Crippen LogP) is 2.70. The number of nitrogens with one attached hydrogen (secondary N) is 3. The van der Waals surface area contributed by atoms with Gasteiger partial charge in [0.25, 0.3) is 0 Å². The number of aliphatic hydroxyl groups excluding tert-OH is 1. The summed E-state index contributed by atoms with van der Waals surface area (Å²) in [6, 6.07) is 11.8. The third-order valence-corrected chi connectivity index (χ3v) is 6.37. The first kappa shape index (κ1) is 22.0. The highest BCUT2D eigenvalue weighted by Gasteiger charge is 2.30. The van der Waals surface area contributed by atoms with Crippen LogP contribution in [0.5, 0.6) is 0 Å². The van der Waals surface area contributed by atoms with E-state index >= 15 is 0 Å². The van der Waals surface area contributed by atoms with E-state index < -0.39 is 0 Å². The molecule has 2 aromatic rings. The SMILES string of the molecule is O=C(NCc1ccc(N2CCCCC2CCO)nc1)C1CC(c2cccc(Cl)c2)NN1. The minimum Gasteiger partial charge on any atom is -0.396 e. The summed E-state index contributed by atoms with van der Waals surface area (Å²) in [5.74, 6) is 0.902. The van der Waals surface area contributed by atoms with E-state index in [1.807, 2.05) is 42.6 Å². The molecule has 4 rings (SSSR count). The number of rotatable bonds is 7. The van der Waals surface area contributed by atoms with Gasteiger partial charge in [0, 0.05) is 43.0 Å². The van der Waals surface area contributed by atoms with Crippen molar-refractivity contribution in [1.82, 2.24) is 21.2 Å².